The van der Waals surface area contributed by atoms with Crippen LogP contribution in [0.2, 0.25) is 0 Å². The SMILES string of the molecule is Cc1ccc(C(CNC(=O)c2ccccc2F)N2CCCCC2)cc1. The Balaban J connectivity index is 1.74. The lowest BCUT2D eigenvalue weighted by Gasteiger charge is -2.35. The van der Waals surface area contributed by atoms with Crippen LogP contribution in [-0.4, -0.2) is 30.4 Å². The van der Waals surface area contributed by atoms with Gasteiger partial charge >= 0.3 is 0 Å². The Morgan fingerprint density at radius 2 is 1.76 bits per heavy atom. The molecule has 1 unspecified atom stereocenters. The summed E-state index contributed by atoms with van der Waals surface area (Å²) in [7, 11) is 0. The lowest BCUT2D eigenvalue weighted by molar-refractivity contribution is 0.0920. The molecule has 0 aliphatic carbocycles. The first-order valence-corrected chi connectivity index (χ1v) is 8.98. The summed E-state index contributed by atoms with van der Waals surface area (Å²) < 4.78 is 13.8. The van der Waals surface area contributed by atoms with Crippen molar-refractivity contribution in [1.29, 1.82) is 0 Å². The highest BCUT2D eigenvalue weighted by Gasteiger charge is 2.23. The first-order chi connectivity index (χ1) is 12.1. The third-order valence-electron chi connectivity index (χ3n) is 4.87. The van der Waals surface area contributed by atoms with Gasteiger partial charge in [0.2, 0.25) is 0 Å². The topological polar surface area (TPSA) is 32.3 Å². The number of nitrogens with one attached hydrogen (secondary N) is 1. The second-order valence-corrected chi connectivity index (χ2v) is 6.71. The van der Waals surface area contributed by atoms with Crippen LogP contribution in [-0.2, 0) is 0 Å². The quantitative estimate of drug-likeness (QED) is 0.889. The smallest absolute Gasteiger partial charge is 0.254 e. The van der Waals surface area contributed by atoms with Crippen molar-refractivity contribution in [2.24, 2.45) is 0 Å². The molecule has 1 amide bonds. The Morgan fingerprint density at radius 3 is 2.44 bits per heavy atom. The van der Waals surface area contributed by atoms with Gasteiger partial charge in [-0.2, -0.15) is 0 Å². The molecule has 0 radical (unpaired) electrons. The summed E-state index contributed by atoms with van der Waals surface area (Å²) in [4.78, 5) is 14.8. The Morgan fingerprint density at radius 1 is 1.08 bits per heavy atom. The molecule has 3 rings (SSSR count). The number of hydrogen-bond acceptors (Lipinski definition) is 2. The Hall–Kier alpha value is -2.20. The van der Waals surface area contributed by atoms with Gasteiger partial charge in [0.05, 0.1) is 11.6 Å². The van der Waals surface area contributed by atoms with Crippen molar-refractivity contribution < 1.29 is 9.18 Å². The van der Waals surface area contributed by atoms with E-state index in [1.807, 2.05) is 0 Å². The van der Waals surface area contributed by atoms with Crippen LogP contribution in [0.15, 0.2) is 48.5 Å². The van der Waals surface area contributed by atoms with Crippen molar-refractivity contribution in [2.75, 3.05) is 19.6 Å². The molecule has 0 aromatic heterocycles. The Kier molecular flexibility index (Phi) is 5.82. The molecule has 0 spiro atoms. The number of hydrogen-bond donors (Lipinski definition) is 1. The number of nitrogens with zero attached hydrogens (tertiary/aromatic N) is 1. The highest BCUT2D eigenvalue weighted by molar-refractivity contribution is 5.94. The number of aryl methyl sites for hydroxylation is 1. The van der Waals surface area contributed by atoms with E-state index in [0.717, 1.165) is 13.1 Å². The fraction of sp³-hybridized carbons (Fsp3) is 0.381. The molecule has 1 N–H and O–H groups in total. The minimum atomic E-state index is -0.482. The summed E-state index contributed by atoms with van der Waals surface area (Å²) in [5.74, 6) is -0.836. The number of carbonyl (C=O) groups is 1. The molecular formula is C21H25FN2O. The van der Waals surface area contributed by atoms with Crippen LogP contribution in [0.3, 0.4) is 0 Å². The zero-order valence-electron chi connectivity index (χ0n) is 14.7. The maximum Gasteiger partial charge on any atom is 0.254 e. The van der Waals surface area contributed by atoms with Gasteiger partial charge in [-0.05, 0) is 50.6 Å². The van der Waals surface area contributed by atoms with Crippen LogP contribution in [0.25, 0.3) is 0 Å². The van der Waals surface area contributed by atoms with Crippen molar-refractivity contribution in [3.63, 3.8) is 0 Å². The van der Waals surface area contributed by atoms with Crippen molar-refractivity contribution in [3.8, 4) is 0 Å². The molecule has 1 atom stereocenters. The number of likely N-dealkylation sites (tertiary alicyclic amines) is 1. The second-order valence-electron chi connectivity index (χ2n) is 6.71. The number of piperidine rings is 1. The summed E-state index contributed by atoms with van der Waals surface area (Å²) in [6.45, 7) is 4.62. The summed E-state index contributed by atoms with van der Waals surface area (Å²) in [5.41, 5.74) is 2.52. The molecule has 3 nitrogen and oxygen atoms in total. The van der Waals surface area contributed by atoms with E-state index in [1.165, 1.54) is 42.5 Å². The molecule has 1 heterocycles. The average Bonchev–Trinajstić information content (AvgIpc) is 2.64. The highest BCUT2D eigenvalue weighted by Crippen LogP contribution is 2.24. The maximum absolute atomic E-state index is 13.8. The van der Waals surface area contributed by atoms with Crippen molar-refractivity contribution in [3.05, 3.63) is 71.0 Å². The van der Waals surface area contributed by atoms with Crippen LogP contribution < -0.4 is 5.32 Å². The summed E-state index contributed by atoms with van der Waals surface area (Å²) in [6.07, 6.45) is 3.63. The van der Waals surface area contributed by atoms with Crippen LogP contribution in [0, 0.1) is 12.7 Å². The van der Waals surface area contributed by atoms with E-state index in [0.29, 0.717) is 6.54 Å². The first kappa shape index (κ1) is 17.6. The summed E-state index contributed by atoms with van der Waals surface area (Å²) >= 11 is 0. The summed E-state index contributed by atoms with van der Waals surface area (Å²) in [6, 6.07) is 14.7. The molecule has 2 aromatic carbocycles. The maximum atomic E-state index is 13.8. The minimum Gasteiger partial charge on any atom is -0.350 e. The van der Waals surface area contributed by atoms with E-state index in [4.69, 9.17) is 0 Å². The zero-order chi connectivity index (χ0) is 17.6. The van der Waals surface area contributed by atoms with Gasteiger partial charge in [0.25, 0.3) is 5.91 Å². The molecule has 132 valence electrons. The fourth-order valence-corrected chi connectivity index (χ4v) is 3.41. The number of benzene rings is 2. The number of halogens is 1. The van der Waals surface area contributed by atoms with Gasteiger partial charge < -0.3 is 5.32 Å². The second kappa shape index (κ2) is 8.26. The average molecular weight is 340 g/mol. The Labute approximate surface area is 148 Å². The van der Waals surface area contributed by atoms with Gasteiger partial charge in [0.15, 0.2) is 0 Å². The lowest BCUT2D eigenvalue weighted by Crippen LogP contribution is -2.40. The molecule has 2 aromatic rings. The zero-order valence-corrected chi connectivity index (χ0v) is 14.7. The molecular weight excluding hydrogens is 315 g/mol. The van der Waals surface area contributed by atoms with Crippen LogP contribution in [0.5, 0.6) is 0 Å². The van der Waals surface area contributed by atoms with Gasteiger partial charge in [0.1, 0.15) is 5.82 Å². The molecule has 0 bridgehead atoms. The molecule has 0 saturated carbocycles. The lowest BCUT2D eigenvalue weighted by atomic mass is 10.0. The van der Waals surface area contributed by atoms with E-state index in [1.54, 1.807) is 12.1 Å². The van der Waals surface area contributed by atoms with Gasteiger partial charge in [0, 0.05) is 6.54 Å². The molecule has 1 fully saturated rings. The van der Waals surface area contributed by atoms with Crippen LogP contribution in [0.4, 0.5) is 4.39 Å². The third-order valence-corrected chi connectivity index (χ3v) is 4.87. The van der Waals surface area contributed by atoms with Crippen molar-refractivity contribution in [1.82, 2.24) is 10.2 Å². The van der Waals surface area contributed by atoms with E-state index in [-0.39, 0.29) is 17.5 Å². The summed E-state index contributed by atoms with van der Waals surface area (Å²) in [5, 5.41) is 2.93. The van der Waals surface area contributed by atoms with Gasteiger partial charge in [-0.15, -0.1) is 0 Å². The minimum absolute atomic E-state index is 0.101. The molecule has 25 heavy (non-hydrogen) atoms. The first-order valence-electron chi connectivity index (χ1n) is 8.98. The largest absolute Gasteiger partial charge is 0.350 e. The third kappa shape index (κ3) is 4.45. The predicted molar refractivity (Wildman–Crippen MR) is 98.1 cm³/mol. The fourth-order valence-electron chi connectivity index (χ4n) is 3.41. The molecule has 1 aliphatic heterocycles. The highest BCUT2D eigenvalue weighted by atomic mass is 19.1. The van der Waals surface area contributed by atoms with E-state index < -0.39 is 5.82 Å². The molecule has 1 aliphatic rings. The van der Waals surface area contributed by atoms with Crippen LogP contribution in [0.1, 0.15) is 46.8 Å². The van der Waals surface area contributed by atoms with Crippen molar-refractivity contribution in [2.45, 2.75) is 32.2 Å². The Bertz CT molecular complexity index is 708. The molecule has 1 saturated heterocycles. The van der Waals surface area contributed by atoms with Crippen molar-refractivity contribution >= 4 is 5.91 Å². The molecule has 4 heteroatoms. The normalized spacial score (nSPS) is 16.4. The van der Waals surface area contributed by atoms with Crippen LogP contribution >= 0.6 is 0 Å². The number of carbonyl (C=O) groups excluding carboxylic acids is 1. The van der Waals surface area contributed by atoms with Gasteiger partial charge in [-0.3, -0.25) is 9.69 Å². The predicted octanol–water partition coefficient (Wildman–Crippen LogP) is 4.09. The van der Waals surface area contributed by atoms with Gasteiger partial charge in [-0.1, -0.05) is 48.4 Å². The van der Waals surface area contributed by atoms with E-state index in [9.17, 15) is 9.18 Å². The standard InChI is InChI=1S/C21H25FN2O/c1-16-9-11-17(12-10-16)20(24-13-5-2-6-14-24)15-23-21(25)18-7-3-4-8-19(18)22/h3-4,7-12,20H,2,5-6,13-15H2,1H3,(H,23,25). The van der Waals surface area contributed by atoms with Gasteiger partial charge in [-0.25, -0.2) is 4.39 Å². The number of amides is 1. The number of rotatable bonds is 5. The van der Waals surface area contributed by atoms with E-state index in [2.05, 4.69) is 41.4 Å². The van der Waals surface area contributed by atoms with E-state index >= 15 is 0 Å². The monoisotopic (exact) mass is 340 g/mol.